The standard InChI is InChI=1S/C22H27N5O2/c28-22-20-18(8-9-23-22)21(27-11-10-26-12-13-29-15-17(26)14-27)25-19(24-20)7-6-16-4-2-1-3-5-16/h1-5,17H,6-15H2,(H,23,28). The van der Waals surface area contributed by atoms with Crippen LogP contribution in [0.5, 0.6) is 0 Å². The Morgan fingerprint density at radius 3 is 2.90 bits per heavy atom. The fourth-order valence-electron chi connectivity index (χ4n) is 4.53. The van der Waals surface area contributed by atoms with Crippen molar-refractivity contribution >= 4 is 11.7 Å². The van der Waals surface area contributed by atoms with Gasteiger partial charge in [0.2, 0.25) is 0 Å². The zero-order chi connectivity index (χ0) is 19.6. The van der Waals surface area contributed by atoms with Crippen molar-refractivity contribution in [3.63, 3.8) is 0 Å². The number of nitrogens with one attached hydrogen (secondary N) is 1. The van der Waals surface area contributed by atoms with E-state index in [-0.39, 0.29) is 5.91 Å². The number of aromatic nitrogens is 2. The number of hydrogen-bond acceptors (Lipinski definition) is 6. The maximum Gasteiger partial charge on any atom is 0.270 e. The van der Waals surface area contributed by atoms with Gasteiger partial charge in [-0.3, -0.25) is 9.69 Å². The number of nitrogens with zero attached hydrogens (tertiary/aromatic N) is 4. The molecule has 5 rings (SSSR count). The van der Waals surface area contributed by atoms with Gasteiger partial charge in [-0.1, -0.05) is 30.3 Å². The zero-order valence-corrected chi connectivity index (χ0v) is 16.6. The molecule has 2 fully saturated rings. The molecule has 1 aromatic heterocycles. The van der Waals surface area contributed by atoms with Crippen LogP contribution in [0.4, 0.5) is 5.82 Å². The summed E-state index contributed by atoms with van der Waals surface area (Å²) in [6.07, 6.45) is 2.38. The number of carbonyl (C=O) groups excluding carboxylic acids is 1. The van der Waals surface area contributed by atoms with E-state index in [1.54, 1.807) is 0 Å². The SMILES string of the molecule is O=C1NCCc2c1nc(CCc1ccccc1)nc2N1CCN2CCOCC2C1. The monoisotopic (exact) mass is 393 g/mol. The number of rotatable bonds is 4. The number of anilines is 1. The van der Waals surface area contributed by atoms with Gasteiger partial charge in [0.1, 0.15) is 17.3 Å². The average Bonchev–Trinajstić information content (AvgIpc) is 2.78. The predicted octanol–water partition coefficient (Wildman–Crippen LogP) is 1.07. The minimum absolute atomic E-state index is 0.0736. The lowest BCUT2D eigenvalue weighted by atomic mass is 10.0. The molecule has 7 heteroatoms. The lowest BCUT2D eigenvalue weighted by Gasteiger charge is -2.44. The molecule has 1 amide bonds. The van der Waals surface area contributed by atoms with Crippen molar-refractivity contribution in [3.8, 4) is 0 Å². The van der Waals surface area contributed by atoms with Gasteiger partial charge in [-0.15, -0.1) is 0 Å². The highest BCUT2D eigenvalue weighted by Gasteiger charge is 2.33. The Labute approximate surface area is 171 Å². The summed E-state index contributed by atoms with van der Waals surface area (Å²) in [5.74, 6) is 1.63. The highest BCUT2D eigenvalue weighted by Crippen LogP contribution is 2.27. The van der Waals surface area contributed by atoms with Gasteiger partial charge in [0, 0.05) is 44.7 Å². The maximum atomic E-state index is 12.5. The van der Waals surface area contributed by atoms with Gasteiger partial charge in [-0.2, -0.15) is 0 Å². The predicted molar refractivity (Wildman–Crippen MR) is 110 cm³/mol. The number of morpholine rings is 1. The first-order chi connectivity index (χ1) is 14.3. The highest BCUT2D eigenvalue weighted by atomic mass is 16.5. The first-order valence-corrected chi connectivity index (χ1v) is 10.6. The summed E-state index contributed by atoms with van der Waals surface area (Å²) in [5.41, 5.74) is 2.82. The fraction of sp³-hybridized carbons (Fsp3) is 0.500. The summed E-state index contributed by atoms with van der Waals surface area (Å²) in [5, 5.41) is 2.94. The second-order valence-electron chi connectivity index (χ2n) is 7.99. The minimum Gasteiger partial charge on any atom is -0.378 e. The van der Waals surface area contributed by atoms with E-state index in [1.807, 2.05) is 18.2 Å². The number of amides is 1. The molecule has 29 heavy (non-hydrogen) atoms. The molecule has 2 aromatic rings. The topological polar surface area (TPSA) is 70.6 Å². The number of hydrogen-bond donors (Lipinski definition) is 1. The number of benzene rings is 1. The van der Waals surface area contributed by atoms with E-state index in [9.17, 15) is 4.79 Å². The molecule has 1 N–H and O–H groups in total. The number of piperazine rings is 1. The van der Waals surface area contributed by atoms with Crippen LogP contribution in [-0.4, -0.2) is 72.8 Å². The molecule has 3 aliphatic heterocycles. The minimum atomic E-state index is -0.0736. The smallest absolute Gasteiger partial charge is 0.270 e. The first kappa shape index (κ1) is 18.5. The van der Waals surface area contributed by atoms with E-state index < -0.39 is 0 Å². The Hall–Kier alpha value is -2.51. The number of aryl methyl sites for hydroxylation is 2. The van der Waals surface area contributed by atoms with Crippen molar-refractivity contribution in [3.05, 3.63) is 53.0 Å². The molecule has 2 saturated heterocycles. The summed E-state index contributed by atoms with van der Waals surface area (Å²) in [7, 11) is 0. The van der Waals surface area contributed by atoms with Crippen LogP contribution in [-0.2, 0) is 24.0 Å². The highest BCUT2D eigenvalue weighted by molar-refractivity contribution is 5.96. The van der Waals surface area contributed by atoms with E-state index in [4.69, 9.17) is 9.72 Å². The van der Waals surface area contributed by atoms with E-state index in [0.717, 1.165) is 75.9 Å². The van der Waals surface area contributed by atoms with Gasteiger partial charge in [0.15, 0.2) is 0 Å². The molecular formula is C22H27N5O2. The molecule has 7 nitrogen and oxygen atoms in total. The van der Waals surface area contributed by atoms with Gasteiger partial charge < -0.3 is 15.0 Å². The molecule has 4 heterocycles. The quantitative estimate of drug-likeness (QED) is 0.838. The molecule has 1 aromatic carbocycles. The Kier molecular flexibility index (Phi) is 5.16. The van der Waals surface area contributed by atoms with Crippen molar-refractivity contribution < 1.29 is 9.53 Å². The largest absolute Gasteiger partial charge is 0.378 e. The third-order valence-electron chi connectivity index (χ3n) is 6.12. The maximum absolute atomic E-state index is 12.5. The third kappa shape index (κ3) is 3.84. The summed E-state index contributed by atoms with van der Waals surface area (Å²) in [6.45, 7) is 6.08. The van der Waals surface area contributed by atoms with Gasteiger partial charge in [-0.25, -0.2) is 9.97 Å². The molecule has 0 bridgehead atoms. The normalized spacial score (nSPS) is 22.0. The Morgan fingerprint density at radius 1 is 1.10 bits per heavy atom. The first-order valence-electron chi connectivity index (χ1n) is 10.6. The van der Waals surface area contributed by atoms with Gasteiger partial charge >= 0.3 is 0 Å². The molecule has 1 atom stereocenters. The van der Waals surface area contributed by atoms with Gasteiger partial charge in [-0.05, 0) is 18.4 Å². The van der Waals surface area contributed by atoms with Crippen LogP contribution in [0, 0.1) is 0 Å². The van der Waals surface area contributed by atoms with Gasteiger partial charge in [0.05, 0.1) is 19.3 Å². The Balaban J connectivity index is 1.43. The van der Waals surface area contributed by atoms with Crippen LogP contribution in [0.15, 0.2) is 30.3 Å². The summed E-state index contributed by atoms with van der Waals surface area (Å²) in [6, 6.07) is 10.8. The van der Waals surface area contributed by atoms with Crippen LogP contribution >= 0.6 is 0 Å². The van der Waals surface area contributed by atoms with Crippen LogP contribution in [0.3, 0.4) is 0 Å². The zero-order valence-electron chi connectivity index (χ0n) is 16.6. The molecule has 0 spiro atoms. The Bertz CT molecular complexity index is 888. The van der Waals surface area contributed by atoms with E-state index in [0.29, 0.717) is 18.3 Å². The van der Waals surface area contributed by atoms with Crippen LogP contribution in [0.1, 0.15) is 27.4 Å². The van der Waals surface area contributed by atoms with Crippen molar-refractivity contribution in [1.29, 1.82) is 0 Å². The van der Waals surface area contributed by atoms with E-state index in [1.165, 1.54) is 5.56 Å². The molecule has 0 aliphatic carbocycles. The summed E-state index contributed by atoms with van der Waals surface area (Å²) < 4.78 is 5.70. The lowest BCUT2D eigenvalue weighted by molar-refractivity contribution is -0.0118. The molecule has 3 aliphatic rings. The Morgan fingerprint density at radius 2 is 2.00 bits per heavy atom. The van der Waals surface area contributed by atoms with Crippen molar-refractivity contribution in [1.82, 2.24) is 20.2 Å². The van der Waals surface area contributed by atoms with Gasteiger partial charge in [0.25, 0.3) is 5.91 Å². The number of carbonyl (C=O) groups is 1. The second-order valence-corrected chi connectivity index (χ2v) is 7.99. The molecular weight excluding hydrogens is 366 g/mol. The van der Waals surface area contributed by atoms with E-state index >= 15 is 0 Å². The fourth-order valence-corrected chi connectivity index (χ4v) is 4.53. The second kappa shape index (κ2) is 8.08. The van der Waals surface area contributed by atoms with Crippen LogP contribution < -0.4 is 10.2 Å². The third-order valence-corrected chi connectivity index (χ3v) is 6.12. The molecule has 0 radical (unpaired) electrons. The van der Waals surface area contributed by atoms with Crippen molar-refractivity contribution in [2.24, 2.45) is 0 Å². The van der Waals surface area contributed by atoms with Crippen molar-refractivity contribution in [2.45, 2.75) is 25.3 Å². The van der Waals surface area contributed by atoms with Crippen molar-refractivity contribution in [2.75, 3.05) is 50.8 Å². The summed E-state index contributed by atoms with van der Waals surface area (Å²) in [4.78, 5) is 27.0. The summed E-state index contributed by atoms with van der Waals surface area (Å²) >= 11 is 0. The molecule has 152 valence electrons. The number of fused-ring (bicyclic) bond motifs is 2. The lowest BCUT2D eigenvalue weighted by Crippen LogP contribution is -2.58. The van der Waals surface area contributed by atoms with E-state index in [2.05, 4.69) is 32.2 Å². The number of ether oxygens (including phenoxy) is 1. The average molecular weight is 393 g/mol. The molecule has 0 saturated carbocycles. The molecule has 1 unspecified atom stereocenters. The van der Waals surface area contributed by atoms with Crippen LogP contribution in [0.25, 0.3) is 0 Å². The van der Waals surface area contributed by atoms with Crippen LogP contribution in [0.2, 0.25) is 0 Å².